The number of hydrogen-bond acceptors (Lipinski definition) is 2. The van der Waals surface area contributed by atoms with Gasteiger partial charge in [0.2, 0.25) is 0 Å². The van der Waals surface area contributed by atoms with Crippen molar-refractivity contribution in [1.82, 2.24) is 0 Å². The monoisotopic (exact) mass is 320 g/mol. The zero-order chi connectivity index (χ0) is 14.0. The summed E-state index contributed by atoms with van der Waals surface area (Å²) in [5, 5.41) is 10.6. The molecular formula is C16H17BrO2. The van der Waals surface area contributed by atoms with Gasteiger partial charge >= 0.3 is 0 Å². The number of aliphatic hydroxyl groups is 1. The van der Waals surface area contributed by atoms with E-state index in [0.717, 1.165) is 26.7 Å². The van der Waals surface area contributed by atoms with Gasteiger partial charge < -0.3 is 9.84 Å². The van der Waals surface area contributed by atoms with Crippen molar-refractivity contribution in [2.75, 3.05) is 7.11 Å². The third-order valence-electron chi connectivity index (χ3n) is 3.06. The van der Waals surface area contributed by atoms with Gasteiger partial charge in [0, 0.05) is 10.0 Å². The second kappa shape index (κ2) is 5.76. The number of aliphatic hydroxyl groups excluding tert-OH is 1. The Morgan fingerprint density at radius 3 is 2.42 bits per heavy atom. The Bertz CT molecular complexity index is 573. The molecule has 0 radical (unpaired) electrons. The summed E-state index contributed by atoms with van der Waals surface area (Å²) in [6.07, 6.45) is -0.689. The number of methoxy groups -OCH3 is 1. The van der Waals surface area contributed by atoms with Crippen LogP contribution in [0.1, 0.15) is 28.4 Å². The van der Waals surface area contributed by atoms with Crippen LogP contribution in [0.4, 0.5) is 0 Å². The van der Waals surface area contributed by atoms with Crippen LogP contribution in [0, 0.1) is 13.8 Å². The molecule has 1 atom stereocenters. The van der Waals surface area contributed by atoms with E-state index in [4.69, 9.17) is 4.74 Å². The summed E-state index contributed by atoms with van der Waals surface area (Å²) in [6, 6.07) is 11.8. The molecule has 3 heteroatoms. The van der Waals surface area contributed by atoms with Gasteiger partial charge in [0.25, 0.3) is 0 Å². The minimum atomic E-state index is -0.689. The minimum absolute atomic E-state index is 0.689. The van der Waals surface area contributed by atoms with E-state index in [-0.39, 0.29) is 0 Å². The number of rotatable bonds is 3. The predicted octanol–water partition coefficient (Wildman–Crippen LogP) is 4.16. The summed E-state index contributed by atoms with van der Waals surface area (Å²) in [7, 11) is 1.62. The first-order valence-electron chi connectivity index (χ1n) is 6.11. The zero-order valence-electron chi connectivity index (χ0n) is 11.3. The summed E-state index contributed by atoms with van der Waals surface area (Å²) in [4.78, 5) is 0. The zero-order valence-corrected chi connectivity index (χ0v) is 12.9. The topological polar surface area (TPSA) is 29.5 Å². The quantitative estimate of drug-likeness (QED) is 0.920. The molecule has 0 fully saturated rings. The average Bonchev–Trinajstić information content (AvgIpc) is 2.36. The van der Waals surface area contributed by atoms with Crippen LogP contribution in [0.15, 0.2) is 40.9 Å². The fourth-order valence-electron chi connectivity index (χ4n) is 2.17. The predicted molar refractivity (Wildman–Crippen MR) is 80.7 cm³/mol. The van der Waals surface area contributed by atoms with Gasteiger partial charge in [-0.15, -0.1) is 0 Å². The van der Waals surface area contributed by atoms with Crippen molar-refractivity contribution < 1.29 is 9.84 Å². The van der Waals surface area contributed by atoms with Gasteiger partial charge in [-0.1, -0.05) is 33.6 Å². The highest BCUT2D eigenvalue weighted by atomic mass is 79.9. The van der Waals surface area contributed by atoms with Gasteiger partial charge in [-0.2, -0.15) is 0 Å². The SMILES string of the molecule is COc1ccc(C)cc1C(O)c1cc(C)cc(Br)c1. The molecule has 0 heterocycles. The Labute approximate surface area is 122 Å². The maximum absolute atomic E-state index is 10.6. The van der Waals surface area contributed by atoms with E-state index in [1.165, 1.54) is 0 Å². The van der Waals surface area contributed by atoms with Crippen molar-refractivity contribution in [1.29, 1.82) is 0 Å². The highest BCUT2D eigenvalue weighted by Gasteiger charge is 2.16. The molecular weight excluding hydrogens is 304 g/mol. The Morgan fingerprint density at radius 2 is 1.79 bits per heavy atom. The molecule has 1 N–H and O–H groups in total. The molecule has 1 unspecified atom stereocenters. The molecule has 0 aromatic heterocycles. The van der Waals surface area contributed by atoms with Crippen LogP contribution in [0.25, 0.3) is 0 Å². The van der Waals surface area contributed by atoms with Gasteiger partial charge in [0.15, 0.2) is 0 Å². The molecule has 2 aromatic rings. The average molecular weight is 321 g/mol. The van der Waals surface area contributed by atoms with Crippen molar-refractivity contribution in [3.05, 3.63) is 63.1 Å². The van der Waals surface area contributed by atoms with Crippen molar-refractivity contribution in [3.8, 4) is 5.75 Å². The standard InChI is InChI=1S/C16H17BrO2/c1-10-4-5-15(19-3)14(8-10)16(18)12-6-11(2)7-13(17)9-12/h4-9,16,18H,1-3H3. The lowest BCUT2D eigenvalue weighted by atomic mass is 9.98. The molecule has 19 heavy (non-hydrogen) atoms. The van der Waals surface area contributed by atoms with Gasteiger partial charge in [-0.3, -0.25) is 0 Å². The third-order valence-corrected chi connectivity index (χ3v) is 3.52. The molecule has 0 spiro atoms. The smallest absolute Gasteiger partial charge is 0.125 e. The minimum Gasteiger partial charge on any atom is -0.496 e. The molecule has 2 rings (SSSR count). The van der Waals surface area contributed by atoms with Gasteiger partial charge in [0.1, 0.15) is 11.9 Å². The van der Waals surface area contributed by atoms with Gasteiger partial charge in [-0.25, -0.2) is 0 Å². The third kappa shape index (κ3) is 3.17. The summed E-state index contributed by atoms with van der Waals surface area (Å²) in [5.41, 5.74) is 3.85. The van der Waals surface area contributed by atoms with Crippen LogP contribution >= 0.6 is 15.9 Å². The van der Waals surface area contributed by atoms with Crippen LogP contribution in [0.2, 0.25) is 0 Å². The van der Waals surface area contributed by atoms with Crippen LogP contribution in [0.5, 0.6) is 5.75 Å². The first-order chi connectivity index (χ1) is 9.01. The molecule has 100 valence electrons. The fourth-order valence-corrected chi connectivity index (χ4v) is 2.79. The highest BCUT2D eigenvalue weighted by molar-refractivity contribution is 9.10. The molecule has 0 aliphatic carbocycles. The number of halogens is 1. The lowest BCUT2D eigenvalue weighted by molar-refractivity contribution is 0.214. The summed E-state index contributed by atoms with van der Waals surface area (Å²) in [6.45, 7) is 4.01. The first-order valence-corrected chi connectivity index (χ1v) is 6.90. The maximum atomic E-state index is 10.6. The van der Waals surface area contributed by atoms with E-state index in [1.54, 1.807) is 7.11 Å². The second-order valence-electron chi connectivity index (χ2n) is 4.71. The Balaban J connectivity index is 2.48. The summed E-state index contributed by atoms with van der Waals surface area (Å²) < 4.78 is 6.30. The lowest BCUT2D eigenvalue weighted by Gasteiger charge is -2.16. The van der Waals surface area contributed by atoms with Crippen molar-refractivity contribution in [2.45, 2.75) is 20.0 Å². The van der Waals surface area contributed by atoms with Crippen molar-refractivity contribution >= 4 is 15.9 Å². The van der Waals surface area contributed by atoms with Crippen molar-refractivity contribution in [2.24, 2.45) is 0 Å². The van der Waals surface area contributed by atoms with E-state index < -0.39 is 6.10 Å². The molecule has 0 aliphatic rings. The Hall–Kier alpha value is -1.32. The van der Waals surface area contributed by atoms with Crippen molar-refractivity contribution in [3.63, 3.8) is 0 Å². The molecule has 0 saturated heterocycles. The van der Waals surface area contributed by atoms with Crippen LogP contribution in [-0.2, 0) is 0 Å². The van der Waals surface area contributed by atoms with Gasteiger partial charge in [0.05, 0.1) is 7.11 Å². The van der Waals surface area contributed by atoms with Crippen LogP contribution in [-0.4, -0.2) is 12.2 Å². The molecule has 0 amide bonds. The summed E-state index contributed by atoms with van der Waals surface area (Å²) in [5.74, 6) is 0.704. The van der Waals surface area contributed by atoms with E-state index in [9.17, 15) is 5.11 Å². The summed E-state index contributed by atoms with van der Waals surface area (Å²) >= 11 is 3.46. The number of aryl methyl sites for hydroxylation is 2. The Kier molecular flexibility index (Phi) is 4.27. The normalized spacial score (nSPS) is 12.3. The number of ether oxygens (including phenoxy) is 1. The van der Waals surface area contributed by atoms with E-state index in [1.807, 2.05) is 50.2 Å². The van der Waals surface area contributed by atoms with E-state index >= 15 is 0 Å². The molecule has 0 bridgehead atoms. The maximum Gasteiger partial charge on any atom is 0.125 e. The molecule has 2 aromatic carbocycles. The van der Waals surface area contributed by atoms with E-state index in [2.05, 4.69) is 15.9 Å². The molecule has 0 aliphatic heterocycles. The number of hydrogen-bond donors (Lipinski definition) is 1. The first kappa shape index (κ1) is 14.1. The number of benzene rings is 2. The molecule has 0 saturated carbocycles. The van der Waals surface area contributed by atoms with Crippen LogP contribution < -0.4 is 4.74 Å². The fraction of sp³-hybridized carbons (Fsp3) is 0.250. The highest BCUT2D eigenvalue weighted by Crippen LogP contribution is 2.32. The molecule has 2 nitrogen and oxygen atoms in total. The van der Waals surface area contributed by atoms with E-state index in [0.29, 0.717) is 5.75 Å². The lowest BCUT2D eigenvalue weighted by Crippen LogP contribution is -2.03. The largest absolute Gasteiger partial charge is 0.496 e. The van der Waals surface area contributed by atoms with Gasteiger partial charge in [-0.05, 0) is 49.2 Å². The van der Waals surface area contributed by atoms with Crippen LogP contribution in [0.3, 0.4) is 0 Å². The second-order valence-corrected chi connectivity index (χ2v) is 5.63. The Morgan fingerprint density at radius 1 is 1.05 bits per heavy atom.